The van der Waals surface area contributed by atoms with Crippen LogP contribution in [0.1, 0.15) is 58.6 Å². The molecule has 0 spiro atoms. The molecule has 1 aromatic carbocycles. The normalized spacial score (nSPS) is 12.7. The lowest BCUT2D eigenvalue weighted by molar-refractivity contribution is 0.486. The SMILES string of the molecule is CCC(CC)CN(CC)c1ccc([C@@H](N)CC)cc1. The van der Waals surface area contributed by atoms with Crippen molar-refractivity contribution in [2.75, 3.05) is 18.0 Å². The fourth-order valence-electron chi connectivity index (χ4n) is 2.44. The highest BCUT2D eigenvalue weighted by molar-refractivity contribution is 5.48. The lowest BCUT2D eigenvalue weighted by Crippen LogP contribution is -2.28. The molecule has 0 aliphatic heterocycles. The highest BCUT2D eigenvalue weighted by Crippen LogP contribution is 2.21. The van der Waals surface area contributed by atoms with Crippen LogP contribution < -0.4 is 10.6 Å². The van der Waals surface area contributed by atoms with E-state index >= 15 is 0 Å². The molecule has 0 saturated heterocycles. The van der Waals surface area contributed by atoms with Crippen molar-refractivity contribution in [3.05, 3.63) is 29.8 Å². The van der Waals surface area contributed by atoms with E-state index in [0.717, 1.165) is 25.4 Å². The first-order valence-electron chi connectivity index (χ1n) is 7.76. The Kier molecular flexibility index (Phi) is 6.93. The fourth-order valence-corrected chi connectivity index (χ4v) is 2.44. The van der Waals surface area contributed by atoms with Crippen LogP contribution in [0.2, 0.25) is 0 Å². The van der Waals surface area contributed by atoms with Crippen molar-refractivity contribution in [1.29, 1.82) is 0 Å². The van der Waals surface area contributed by atoms with Crippen LogP contribution in [0.5, 0.6) is 0 Å². The van der Waals surface area contributed by atoms with Crippen molar-refractivity contribution in [2.45, 2.75) is 53.0 Å². The second-order valence-electron chi connectivity index (χ2n) is 5.33. The quantitative estimate of drug-likeness (QED) is 0.754. The molecule has 0 aromatic heterocycles. The molecule has 0 unspecified atom stereocenters. The number of rotatable bonds is 8. The zero-order valence-electron chi connectivity index (χ0n) is 13.0. The first-order chi connectivity index (χ1) is 9.15. The molecule has 0 saturated carbocycles. The number of nitrogens with zero attached hydrogens (tertiary/aromatic N) is 1. The van der Waals surface area contributed by atoms with Crippen molar-refractivity contribution in [3.63, 3.8) is 0 Å². The van der Waals surface area contributed by atoms with Gasteiger partial charge in [0.15, 0.2) is 0 Å². The van der Waals surface area contributed by atoms with E-state index < -0.39 is 0 Å². The van der Waals surface area contributed by atoms with Gasteiger partial charge in [-0.15, -0.1) is 0 Å². The van der Waals surface area contributed by atoms with Gasteiger partial charge in [0.05, 0.1) is 0 Å². The van der Waals surface area contributed by atoms with Gasteiger partial charge < -0.3 is 10.6 Å². The Morgan fingerprint density at radius 1 is 0.947 bits per heavy atom. The molecule has 1 aromatic rings. The Labute approximate surface area is 119 Å². The maximum absolute atomic E-state index is 6.06. The van der Waals surface area contributed by atoms with Crippen molar-refractivity contribution in [1.82, 2.24) is 0 Å². The number of hydrogen-bond acceptors (Lipinski definition) is 2. The third-order valence-corrected chi connectivity index (χ3v) is 4.14. The molecule has 0 fully saturated rings. The average molecular weight is 262 g/mol. The molecule has 0 amide bonds. The molecular formula is C17H30N2. The Balaban J connectivity index is 2.76. The lowest BCUT2D eigenvalue weighted by atomic mass is 10.0. The van der Waals surface area contributed by atoms with Crippen LogP contribution in [-0.2, 0) is 0 Å². The Hall–Kier alpha value is -1.02. The van der Waals surface area contributed by atoms with Crippen molar-refractivity contribution in [3.8, 4) is 0 Å². The zero-order chi connectivity index (χ0) is 14.3. The van der Waals surface area contributed by atoms with Crippen LogP contribution in [-0.4, -0.2) is 13.1 Å². The maximum Gasteiger partial charge on any atom is 0.0366 e. The lowest BCUT2D eigenvalue weighted by Gasteiger charge is -2.27. The van der Waals surface area contributed by atoms with Crippen molar-refractivity contribution < 1.29 is 0 Å². The fraction of sp³-hybridized carbons (Fsp3) is 0.647. The van der Waals surface area contributed by atoms with Gasteiger partial charge in [-0.2, -0.15) is 0 Å². The molecule has 1 atom stereocenters. The molecule has 2 heteroatoms. The molecule has 19 heavy (non-hydrogen) atoms. The van der Waals surface area contributed by atoms with Crippen molar-refractivity contribution in [2.24, 2.45) is 11.7 Å². The average Bonchev–Trinajstić information content (AvgIpc) is 2.48. The molecule has 0 heterocycles. The number of benzene rings is 1. The summed E-state index contributed by atoms with van der Waals surface area (Å²) in [5.41, 5.74) is 8.62. The van der Waals surface area contributed by atoms with E-state index in [1.807, 2.05) is 0 Å². The molecule has 1 rings (SSSR count). The van der Waals surface area contributed by atoms with E-state index in [4.69, 9.17) is 5.73 Å². The van der Waals surface area contributed by atoms with E-state index in [-0.39, 0.29) is 6.04 Å². The molecule has 0 aliphatic rings. The number of anilines is 1. The van der Waals surface area contributed by atoms with E-state index in [0.29, 0.717) is 0 Å². The summed E-state index contributed by atoms with van der Waals surface area (Å²) < 4.78 is 0. The van der Waals surface area contributed by atoms with E-state index in [2.05, 4.69) is 56.9 Å². The van der Waals surface area contributed by atoms with E-state index in [1.54, 1.807) is 0 Å². The number of hydrogen-bond donors (Lipinski definition) is 1. The highest BCUT2D eigenvalue weighted by Gasteiger charge is 2.11. The zero-order valence-corrected chi connectivity index (χ0v) is 13.0. The van der Waals surface area contributed by atoms with Crippen LogP contribution in [0.4, 0.5) is 5.69 Å². The minimum atomic E-state index is 0.170. The summed E-state index contributed by atoms with van der Waals surface area (Å²) in [5.74, 6) is 0.789. The largest absolute Gasteiger partial charge is 0.372 e. The van der Waals surface area contributed by atoms with Crippen LogP contribution in [0.3, 0.4) is 0 Å². The van der Waals surface area contributed by atoms with Crippen molar-refractivity contribution >= 4 is 5.69 Å². The molecule has 0 bridgehead atoms. The van der Waals surface area contributed by atoms with Crippen LogP contribution >= 0.6 is 0 Å². The van der Waals surface area contributed by atoms with Crippen LogP contribution in [0, 0.1) is 5.92 Å². The molecule has 2 nitrogen and oxygen atoms in total. The van der Waals surface area contributed by atoms with Gasteiger partial charge in [0.25, 0.3) is 0 Å². The van der Waals surface area contributed by atoms with Gasteiger partial charge >= 0.3 is 0 Å². The summed E-state index contributed by atoms with van der Waals surface area (Å²) in [6.45, 7) is 11.1. The summed E-state index contributed by atoms with van der Waals surface area (Å²) >= 11 is 0. The van der Waals surface area contributed by atoms with Crippen LogP contribution in [0.15, 0.2) is 24.3 Å². The first kappa shape index (κ1) is 16.0. The van der Waals surface area contributed by atoms with E-state index in [9.17, 15) is 0 Å². The van der Waals surface area contributed by atoms with Gasteiger partial charge in [-0.3, -0.25) is 0 Å². The molecule has 0 radical (unpaired) electrons. The van der Waals surface area contributed by atoms with Gasteiger partial charge in [0.2, 0.25) is 0 Å². The summed E-state index contributed by atoms with van der Waals surface area (Å²) in [6.07, 6.45) is 3.50. The predicted octanol–water partition coefficient (Wildman–Crippen LogP) is 4.36. The van der Waals surface area contributed by atoms with Gasteiger partial charge in [0.1, 0.15) is 0 Å². The third kappa shape index (κ3) is 4.54. The second-order valence-corrected chi connectivity index (χ2v) is 5.33. The minimum absolute atomic E-state index is 0.170. The predicted molar refractivity (Wildman–Crippen MR) is 85.6 cm³/mol. The first-order valence-corrected chi connectivity index (χ1v) is 7.76. The molecule has 2 N–H and O–H groups in total. The maximum atomic E-state index is 6.06. The topological polar surface area (TPSA) is 29.3 Å². The van der Waals surface area contributed by atoms with Gasteiger partial charge in [-0.05, 0) is 37.0 Å². The Bertz CT molecular complexity index is 341. The van der Waals surface area contributed by atoms with Gasteiger partial charge in [-0.1, -0.05) is 45.7 Å². The standard InChI is InChI=1S/C17H30N2/c1-5-14(6-2)13-19(8-4)16-11-9-15(10-12-16)17(18)7-3/h9-12,14,17H,5-8,13,18H2,1-4H3/t17-/m0/s1. The highest BCUT2D eigenvalue weighted by atomic mass is 15.1. The molecule has 0 aliphatic carbocycles. The monoisotopic (exact) mass is 262 g/mol. The van der Waals surface area contributed by atoms with Gasteiger partial charge in [-0.25, -0.2) is 0 Å². The second kappa shape index (κ2) is 8.21. The summed E-state index contributed by atoms with van der Waals surface area (Å²) in [6, 6.07) is 8.97. The van der Waals surface area contributed by atoms with Crippen LogP contribution in [0.25, 0.3) is 0 Å². The van der Waals surface area contributed by atoms with Gasteiger partial charge in [0, 0.05) is 24.8 Å². The minimum Gasteiger partial charge on any atom is -0.372 e. The third-order valence-electron chi connectivity index (χ3n) is 4.14. The Morgan fingerprint density at radius 2 is 1.53 bits per heavy atom. The summed E-state index contributed by atoms with van der Waals surface area (Å²) in [7, 11) is 0. The molecular weight excluding hydrogens is 232 g/mol. The number of nitrogens with two attached hydrogens (primary N) is 1. The molecule has 108 valence electrons. The smallest absolute Gasteiger partial charge is 0.0366 e. The summed E-state index contributed by atoms with van der Waals surface area (Å²) in [5, 5.41) is 0. The summed E-state index contributed by atoms with van der Waals surface area (Å²) in [4.78, 5) is 2.47. The van der Waals surface area contributed by atoms with E-state index in [1.165, 1.54) is 24.1 Å². The Morgan fingerprint density at radius 3 is 1.95 bits per heavy atom.